The Bertz CT molecular complexity index is 920. The molecular formula is C20H22ClFN4. The lowest BCUT2D eigenvalue weighted by atomic mass is 10.1. The standard InChI is InChI=1S/C20H22ClFN4/c1-25-7-5-16-17-10-15(21)2-3-18(17)26(19(16)6-8-25)9-4-14-12-23-20(11-22)24-13-14/h2-3,10,12-13H,4-9,11H2,1H3. The van der Waals surface area contributed by atoms with Crippen molar-refractivity contribution < 1.29 is 4.39 Å². The molecule has 1 aromatic carbocycles. The maximum atomic E-state index is 12.6. The van der Waals surface area contributed by atoms with Gasteiger partial charge in [-0.3, -0.25) is 0 Å². The molecule has 0 unspecified atom stereocenters. The van der Waals surface area contributed by atoms with Crippen molar-refractivity contribution >= 4 is 22.5 Å². The number of aromatic nitrogens is 3. The van der Waals surface area contributed by atoms with Crippen molar-refractivity contribution in [3.8, 4) is 0 Å². The summed E-state index contributed by atoms with van der Waals surface area (Å²) >= 11 is 6.27. The Balaban J connectivity index is 1.69. The van der Waals surface area contributed by atoms with Crippen molar-refractivity contribution in [3.05, 3.63) is 58.3 Å². The van der Waals surface area contributed by atoms with E-state index in [9.17, 15) is 4.39 Å². The van der Waals surface area contributed by atoms with Crippen molar-refractivity contribution in [1.82, 2.24) is 19.4 Å². The summed E-state index contributed by atoms with van der Waals surface area (Å²) in [5.74, 6) is 0.242. The zero-order valence-electron chi connectivity index (χ0n) is 14.9. The second kappa shape index (κ2) is 7.33. The Morgan fingerprint density at radius 1 is 1.15 bits per heavy atom. The van der Waals surface area contributed by atoms with Gasteiger partial charge in [-0.05, 0) is 49.2 Å². The Morgan fingerprint density at radius 2 is 1.92 bits per heavy atom. The smallest absolute Gasteiger partial charge is 0.159 e. The molecule has 0 radical (unpaired) electrons. The van der Waals surface area contributed by atoms with Crippen LogP contribution in [0.25, 0.3) is 10.9 Å². The van der Waals surface area contributed by atoms with Crippen molar-refractivity contribution in [2.75, 3.05) is 20.1 Å². The number of alkyl halides is 1. The van der Waals surface area contributed by atoms with Crippen LogP contribution in [0.4, 0.5) is 4.39 Å². The van der Waals surface area contributed by atoms with Gasteiger partial charge in [0, 0.05) is 60.1 Å². The van der Waals surface area contributed by atoms with Gasteiger partial charge in [0.15, 0.2) is 5.82 Å². The van der Waals surface area contributed by atoms with E-state index >= 15 is 0 Å². The van der Waals surface area contributed by atoms with Crippen molar-refractivity contribution in [2.24, 2.45) is 0 Å². The number of aryl methyl sites for hydroxylation is 2. The van der Waals surface area contributed by atoms with E-state index in [2.05, 4.69) is 38.6 Å². The van der Waals surface area contributed by atoms with Gasteiger partial charge in [0.2, 0.25) is 0 Å². The summed E-state index contributed by atoms with van der Waals surface area (Å²) in [6, 6.07) is 6.18. The first kappa shape index (κ1) is 17.4. The molecule has 0 saturated carbocycles. The third-order valence-corrected chi connectivity index (χ3v) is 5.46. The Hall–Kier alpha value is -1.98. The number of benzene rings is 1. The first-order valence-electron chi connectivity index (χ1n) is 8.99. The van der Waals surface area contributed by atoms with Crippen LogP contribution in [0.1, 0.15) is 22.6 Å². The van der Waals surface area contributed by atoms with Crippen LogP contribution >= 0.6 is 11.6 Å². The van der Waals surface area contributed by atoms with E-state index in [0.29, 0.717) is 0 Å². The minimum absolute atomic E-state index is 0.242. The van der Waals surface area contributed by atoms with Crippen molar-refractivity contribution in [2.45, 2.75) is 32.5 Å². The van der Waals surface area contributed by atoms with Gasteiger partial charge in [-0.15, -0.1) is 0 Å². The molecule has 0 amide bonds. The summed E-state index contributed by atoms with van der Waals surface area (Å²) in [6.45, 7) is 2.36. The molecular weight excluding hydrogens is 351 g/mol. The third kappa shape index (κ3) is 3.33. The predicted octanol–water partition coefficient (Wildman–Crippen LogP) is 3.83. The third-order valence-electron chi connectivity index (χ3n) is 5.22. The SMILES string of the molecule is CN1CCc2c(n(CCc3cnc(CF)nc3)c3ccc(Cl)cc23)CC1. The molecule has 0 bridgehead atoms. The number of likely N-dealkylation sites (N-methyl/N-ethyl adjacent to an activating group) is 1. The molecule has 4 rings (SSSR count). The second-order valence-corrected chi connectivity index (χ2v) is 7.37. The Labute approximate surface area is 157 Å². The van der Waals surface area contributed by atoms with E-state index in [1.807, 2.05) is 6.07 Å². The lowest BCUT2D eigenvalue weighted by Crippen LogP contribution is -2.21. The van der Waals surface area contributed by atoms with E-state index in [1.54, 1.807) is 12.4 Å². The molecule has 1 aliphatic heterocycles. The molecule has 26 heavy (non-hydrogen) atoms. The number of rotatable bonds is 4. The summed E-state index contributed by atoms with van der Waals surface area (Å²) in [4.78, 5) is 10.5. The normalized spacial score (nSPS) is 15.2. The lowest BCUT2D eigenvalue weighted by Gasteiger charge is -2.14. The zero-order valence-corrected chi connectivity index (χ0v) is 15.6. The molecule has 0 fully saturated rings. The molecule has 3 heterocycles. The van der Waals surface area contributed by atoms with Crippen LogP contribution in [0.3, 0.4) is 0 Å². The molecule has 1 aliphatic rings. The van der Waals surface area contributed by atoms with Crippen LogP contribution in [0.15, 0.2) is 30.6 Å². The summed E-state index contributed by atoms with van der Waals surface area (Å²) in [5, 5.41) is 2.05. The fourth-order valence-electron chi connectivity index (χ4n) is 3.80. The molecule has 0 saturated heterocycles. The van der Waals surface area contributed by atoms with E-state index in [-0.39, 0.29) is 5.82 Å². The van der Waals surface area contributed by atoms with Gasteiger partial charge >= 0.3 is 0 Å². The van der Waals surface area contributed by atoms with Crippen LogP contribution in [0, 0.1) is 0 Å². The van der Waals surface area contributed by atoms with E-state index in [4.69, 9.17) is 11.6 Å². The van der Waals surface area contributed by atoms with Gasteiger partial charge in [-0.2, -0.15) is 0 Å². The van der Waals surface area contributed by atoms with E-state index in [0.717, 1.165) is 49.5 Å². The Morgan fingerprint density at radius 3 is 2.69 bits per heavy atom. The average Bonchev–Trinajstić information content (AvgIpc) is 2.80. The molecule has 2 aromatic heterocycles. The molecule has 0 aliphatic carbocycles. The molecule has 0 atom stereocenters. The molecule has 136 valence electrons. The summed E-state index contributed by atoms with van der Waals surface area (Å²) in [5.41, 5.74) is 5.10. The van der Waals surface area contributed by atoms with Crippen LogP contribution in [0.2, 0.25) is 5.02 Å². The highest BCUT2D eigenvalue weighted by Gasteiger charge is 2.20. The second-order valence-electron chi connectivity index (χ2n) is 6.93. The average molecular weight is 373 g/mol. The van der Waals surface area contributed by atoms with Gasteiger partial charge in [-0.25, -0.2) is 14.4 Å². The number of fused-ring (bicyclic) bond motifs is 3. The maximum Gasteiger partial charge on any atom is 0.159 e. The minimum atomic E-state index is -0.621. The highest BCUT2D eigenvalue weighted by molar-refractivity contribution is 6.31. The van der Waals surface area contributed by atoms with Gasteiger partial charge in [0.25, 0.3) is 0 Å². The van der Waals surface area contributed by atoms with Crippen molar-refractivity contribution in [3.63, 3.8) is 0 Å². The fraction of sp³-hybridized carbons (Fsp3) is 0.400. The monoisotopic (exact) mass is 372 g/mol. The van der Waals surface area contributed by atoms with E-state index in [1.165, 1.54) is 22.2 Å². The lowest BCUT2D eigenvalue weighted by molar-refractivity contribution is 0.351. The van der Waals surface area contributed by atoms with Crippen LogP contribution in [-0.4, -0.2) is 39.6 Å². The van der Waals surface area contributed by atoms with Gasteiger partial charge in [0.1, 0.15) is 6.67 Å². The maximum absolute atomic E-state index is 12.6. The summed E-state index contributed by atoms with van der Waals surface area (Å²) < 4.78 is 15.0. The minimum Gasteiger partial charge on any atom is -0.344 e. The fourth-order valence-corrected chi connectivity index (χ4v) is 3.97. The summed E-state index contributed by atoms with van der Waals surface area (Å²) in [6.07, 6.45) is 6.37. The Kier molecular flexibility index (Phi) is 4.92. The number of halogens is 2. The first-order chi connectivity index (χ1) is 12.7. The van der Waals surface area contributed by atoms with Crippen LogP contribution in [0.5, 0.6) is 0 Å². The molecule has 0 N–H and O–H groups in total. The van der Waals surface area contributed by atoms with Gasteiger partial charge in [-0.1, -0.05) is 11.6 Å². The molecule has 4 nitrogen and oxygen atoms in total. The van der Waals surface area contributed by atoms with Crippen molar-refractivity contribution in [1.29, 1.82) is 0 Å². The molecule has 3 aromatic rings. The predicted molar refractivity (Wildman–Crippen MR) is 102 cm³/mol. The largest absolute Gasteiger partial charge is 0.344 e. The molecule has 6 heteroatoms. The van der Waals surface area contributed by atoms with Crippen LogP contribution in [-0.2, 0) is 32.5 Å². The highest BCUT2D eigenvalue weighted by atomic mass is 35.5. The number of nitrogens with zero attached hydrogens (tertiary/aromatic N) is 4. The first-order valence-corrected chi connectivity index (χ1v) is 9.37. The zero-order chi connectivity index (χ0) is 18.1. The van der Waals surface area contributed by atoms with E-state index < -0.39 is 6.67 Å². The topological polar surface area (TPSA) is 34.0 Å². The van der Waals surface area contributed by atoms with Crippen LogP contribution < -0.4 is 0 Å². The molecule has 0 spiro atoms. The number of hydrogen-bond acceptors (Lipinski definition) is 3. The highest BCUT2D eigenvalue weighted by Crippen LogP contribution is 2.31. The van der Waals surface area contributed by atoms with Gasteiger partial charge in [0.05, 0.1) is 0 Å². The number of hydrogen-bond donors (Lipinski definition) is 0. The van der Waals surface area contributed by atoms with Gasteiger partial charge < -0.3 is 9.47 Å². The summed E-state index contributed by atoms with van der Waals surface area (Å²) in [7, 11) is 2.18. The quantitative estimate of drug-likeness (QED) is 0.698.